The number of aromatic nitrogens is 1. The Morgan fingerprint density at radius 1 is 1.35 bits per heavy atom. The number of alkyl halides is 3. The van der Waals surface area contributed by atoms with Gasteiger partial charge in [-0.05, 0) is 12.1 Å². The molecular weight excluding hydrogens is 273 g/mol. The minimum absolute atomic E-state index is 0.186. The minimum atomic E-state index is -4.36. The van der Waals surface area contributed by atoms with Crippen molar-refractivity contribution in [1.29, 1.82) is 0 Å². The van der Waals surface area contributed by atoms with Gasteiger partial charge in [0, 0.05) is 32.1 Å². The molecule has 0 unspecified atom stereocenters. The van der Waals surface area contributed by atoms with Gasteiger partial charge in [-0.25, -0.2) is 0 Å². The SMILES string of the molecule is COC1(C(F)(F)F)CN(Cc2noc3ccccc23)C1. The molecule has 0 saturated carbocycles. The molecule has 3 rings (SSSR count). The fraction of sp³-hybridized carbons (Fsp3) is 0.462. The van der Waals surface area contributed by atoms with E-state index in [1.165, 1.54) is 0 Å². The highest BCUT2D eigenvalue weighted by Gasteiger charge is 2.62. The fourth-order valence-corrected chi connectivity index (χ4v) is 2.48. The lowest BCUT2D eigenvalue weighted by molar-refractivity contribution is -0.312. The number of benzene rings is 1. The zero-order valence-corrected chi connectivity index (χ0v) is 10.8. The lowest BCUT2D eigenvalue weighted by Gasteiger charge is -2.49. The van der Waals surface area contributed by atoms with Crippen molar-refractivity contribution in [2.45, 2.75) is 18.3 Å². The van der Waals surface area contributed by atoms with E-state index in [0.717, 1.165) is 12.5 Å². The van der Waals surface area contributed by atoms with Gasteiger partial charge in [0.1, 0.15) is 5.69 Å². The van der Waals surface area contributed by atoms with Crippen LogP contribution in [0.5, 0.6) is 0 Å². The number of para-hydroxylation sites is 1. The molecule has 0 N–H and O–H groups in total. The van der Waals surface area contributed by atoms with Crippen LogP contribution in [0.1, 0.15) is 5.69 Å². The summed E-state index contributed by atoms with van der Waals surface area (Å²) in [5.41, 5.74) is -0.767. The summed E-state index contributed by atoms with van der Waals surface area (Å²) in [6, 6.07) is 7.28. The molecule has 2 aromatic rings. The molecular formula is C13H13F3N2O2. The second-order valence-corrected chi connectivity index (χ2v) is 4.97. The zero-order valence-electron chi connectivity index (χ0n) is 10.8. The van der Waals surface area contributed by atoms with Crippen LogP contribution in [-0.4, -0.2) is 42.0 Å². The van der Waals surface area contributed by atoms with E-state index in [4.69, 9.17) is 4.52 Å². The molecule has 1 aliphatic rings. The quantitative estimate of drug-likeness (QED) is 0.869. The van der Waals surface area contributed by atoms with Crippen molar-refractivity contribution >= 4 is 11.0 Å². The Balaban J connectivity index is 1.73. The van der Waals surface area contributed by atoms with Crippen LogP contribution < -0.4 is 0 Å². The second-order valence-electron chi connectivity index (χ2n) is 4.97. The molecule has 108 valence electrons. The maximum atomic E-state index is 12.9. The monoisotopic (exact) mass is 286 g/mol. The average molecular weight is 286 g/mol. The highest BCUT2D eigenvalue weighted by Crippen LogP contribution is 2.41. The molecule has 1 saturated heterocycles. The van der Waals surface area contributed by atoms with Gasteiger partial charge in [-0.15, -0.1) is 0 Å². The van der Waals surface area contributed by atoms with Crippen LogP contribution in [0.25, 0.3) is 11.0 Å². The predicted molar refractivity (Wildman–Crippen MR) is 65.1 cm³/mol. The maximum Gasteiger partial charge on any atom is 0.419 e. The van der Waals surface area contributed by atoms with Crippen molar-refractivity contribution < 1.29 is 22.4 Å². The number of methoxy groups -OCH3 is 1. The Morgan fingerprint density at radius 3 is 2.70 bits per heavy atom. The van der Waals surface area contributed by atoms with Gasteiger partial charge in [-0.3, -0.25) is 4.90 Å². The van der Waals surface area contributed by atoms with E-state index in [1.54, 1.807) is 11.0 Å². The molecule has 1 aromatic carbocycles. The number of fused-ring (bicyclic) bond motifs is 1. The second kappa shape index (κ2) is 4.46. The Bertz CT molecular complexity index is 617. The molecule has 0 amide bonds. The van der Waals surface area contributed by atoms with Gasteiger partial charge in [0.25, 0.3) is 0 Å². The zero-order chi connectivity index (χ0) is 14.4. The molecule has 1 aromatic heterocycles. The summed E-state index contributed by atoms with van der Waals surface area (Å²) in [6.45, 7) is -0.0550. The van der Waals surface area contributed by atoms with Crippen molar-refractivity contribution in [3.05, 3.63) is 30.0 Å². The summed E-state index contributed by atoms with van der Waals surface area (Å²) >= 11 is 0. The topological polar surface area (TPSA) is 38.5 Å². The van der Waals surface area contributed by atoms with Crippen molar-refractivity contribution in [2.24, 2.45) is 0 Å². The number of halogens is 3. The number of hydrogen-bond acceptors (Lipinski definition) is 4. The minimum Gasteiger partial charge on any atom is -0.366 e. The van der Waals surface area contributed by atoms with Crippen LogP contribution in [0.3, 0.4) is 0 Å². The van der Waals surface area contributed by atoms with Crippen LogP contribution >= 0.6 is 0 Å². The molecule has 0 radical (unpaired) electrons. The molecule has 20 heavy (non-hydrogen) atoms. The first-order chi connectivity index (χ1) is 9.45. The first kappa shape index (κ1) is 13.4. The van der Waals surface area contributed by atoms with E-state index in [1.807, 2.05) is 18.2 Å². The Kier molecular flexibility index (Phi) is 2.98. The number of nitrogens with zero attached hydrogens (tertiary/aromatic N) is 2. The smallest absolute Gasteiger partial charge is 0.366 e. The first-order valence-electron chi connectivity index (χ1n) is 6.13. The van der Waals surface area contributed by atoms with Crippen LogP contribution in [0, 0.1) is 0 Å². The Labute approximate surface area is 113 Å². The normalized spacial score (nSPS) is 19.2. The van der Waals surface area contributed by atoms with Gasteiger partial charge in [0.2, 0.25) is 0 Å². The molecule has 2 heterocycles. The lowest BCUT2D eigenvalue weighted by Crippen LogP contribution is -2.69. The van der Waals surface area contributed by atoms with E-state index in [0.29, 0.717) is 17.8 Å². The third-order valence-electron chi connectivity index (χ3n) is 3.69. The molecule has 0 aliphatic carbocycles. The average Bonchev–Trinajstić information content (AvgIpc) is 2.75. The van der Waals surface area contributed by atoms with Gasteiger partial charge >= 0.3 is 6.18 Å². The van der Waals surface area contributed by atoms with Crippen molar-refractivity contribution in [2.75, 3.05) is 20.2 Å². The van der Waals surface area contributed by atoms with E-state index >= 15 is 0 Å². The van der Waals surface area contributed by atoms with Gasteiger partial charge in [0.15, 0.2) is 11.2 Å². The third-order valence-corrected chi connectivity index (χ3v) is 3.69. The predicted octanol–water partition coefficient (Wildman–Crippen LogP) is 2.59. The molecule has 7 heteroatoms. The maximum absolute atomic E-state index is 12.9. The first-order valence-corrected chi connectivity index (χ1v) is 6.13. The van der Waals surface area contributed by atoms with Gasteiger partial charge in [0.05, 0.1) is 0 Å². The summed E-state index contributed by atoms with van der Waals surface area (Å²) in [4.78, 5) is 1.64. The largest absolute Gasteiger partial charge is 0.419 e. The van der Waals surface area contributed by atoms with Crippen molar-refractivity contribution in [3.8, 4) is 0 Å². The highest BCUT2D eigenvalue weighted by molar-refractivity contribution is 5.79. The van der Waals surface area contributed by atoms with E-state index < -0.39 is 11.8 Å². The molecule has 1 aliphatic heterocycles. The summed E-state index contributed by atoms with van der Waals surface area (Å²) in [5, 5.41) is 4.74. The van der Waals surface area contributed by atoms with E-state index in [-0.39, 0.29) is 13.1 Å². The summed E-state index contributed by atoms with van der Waals surface area (Å²) in [6.07, 6.45) is -4.36. The van der Waals surface area contributed by atoms with Crippen molar-refractivity contribution in [3.63, 3.8) is 0 Å². The van der Waals surface area contributed by atoms with E-state index in [2.05, 4.69) is 9.89 Å². The summed E-state index contributed by atoms with van der Waals surface area (Å²) in [7, 11) is 1.09. The van der Waals surface area contributed by atoms with Crippen LogP contribution in [0.15, 0.2) is 28.8 Å². The van der Waals surface area contributed by atoms with Crippen molar-refractivity contribution in [1.82, 2.24) is 10.1 Å². The van der Waals surface area contributed by atoms with Crippen LogP contribution in [0.2, 0.25) is 0 Å². The Morgan fingerprint density at radius 2 is 2.05 bits per heavy atom. The van der Waals surface area contributed by atoms with E-state index in [9.17, 15) is 13.2 Å². The molecule has 0 atom stereocenters. The number of rotatable bonds is 3. The lowest BCUT2D eigenvalue weighted by atomic mass is 9.92. The van der Waals surface area contributed by atoms with Crippen LogP contribution in [-0.2, 0) is 11.3 Å². The molecule has 0 spiro atoms. The third kappa shape index (κ3) is 1.97. The fourth-order valence-electron chi connectivity index (χ4n) is 2.48. The summed E-state index contributed by atoms with van der Waals surface area (Å²) in [5.74, 6) is 0. The standard InChI is InChI=1S/C13H13F3N2O2/c1-19-12(13(14,15)16)7-18(8-12)6-10-9-4-2-3-5-11(9)20-17-10/h2-5H,6-8H2,1H3. The number of ether oxygens (including phenoxy) is 1. The molecule has 0 bridgehead atoms. The number of hydrogen-bond donors (Lipinski definition) is 0. The molecule has 1 fully saturated rings. The van der Waals surface area contributed by atoms with Crippen LogP contribution in [0.4, 0.5) is 13.2 Å². The van der Waals surface area contributed by atoms with Gasteiger partial charge in [-0.2, -0.15) is 13.2 Å². The van der Waals surface area contributed by atoms with Gasteiger partial charge < -0.3 is 9.26 Å². The highest BCUT2D eigenvalue weighted by atomic mass is 19.4. The number of likely N-dealkylation sites (tertiary alicyclic amines) is 1. The van der Waals surface area contributed by atoms with Gasteiger partial charge in [-0.1, -0.05) is 17.3 Å². The molecule has 4 nitrogen and oxygen atoms in total. The Hall–Kier alpha value is -1.60. The summed E-state index contributed by atoms with van der Waals surface area (Å²) < 4.78 is 48.4.